The summed E-state index contributed by atoms with van der Waals surface area (Å²) in [6.07, 6.45) is 6.01. The Labute approximate surface area is 92.1 Å². The van der Waals surface area contributed by atoms with E-state index >= 15 is 0 Å². The highest BCUT2D eigenvalue weighted by atomic mass is 16.3. The predicted octanol–water partition coefficient (Wildman–Crippen LogP) is 2.63. The maximum Gasteiger partial charge on any atom is 0.115 e. The number of hydrogen-bond acceptors (Lipinski definition) is 2. The van der Waals surface area contributed by atoms with Gasteiger partial charge >= 0.3 is 0 Å². The van der Waals surface area contributed by atoms with Gasteiger partial charge in [-0.3, -0.25) is 0 Å². The second-order valence-corrected chi connectivity index (χ2v) is 3.95. The number of nitrogens with two attached hydrogens (primary N) is 1. The van der Waals surface area contributed by atoms with Crippen LogP contribution in [0.3, 0.4) is 0 Å². The number of phenolic OH excluding ortho intramolecular Hbond substituents is 1. The maximum absolute atomic E-state index is 9.19. The summed E-state index contributed by atoms with van der Waals surface area (Å²) in [6.45, 7) is 2.88. The first-order valence-electron chi connectivity index (χ1n) is 5.78. The number of rotatable bonds is 1. The van der Waals surface area contributed by atoms with Crippen molar-refractivity contribution in [2.45, 2.75) is 39.0 Å². The van der Waals surface area contributed by atoms with Crippen molar-refractivity contribution in [1.82, 2.24) is 0 Å². The lowest BCUT2D eigenvalue weighted by molar-refractivity contribution is 0.473. The van der Waals surface area contributed by atoms with Crippen LogP contribution in [-0.2, 0) is 12.8 Å². The Morgan fingerprint density at radius 3 is 2.40 bits per heavy atom. The van der Waals surface area contributed by atoms with Crippen molar-refractivity contribution in [1.29, 1.82) is 0 Å². The van der Waals surface area contributed by atoms with Crippen LogP contribution in [0.2, 0.25) is 0 Å². The van der Waals surface area contributed by atoms with Gasteiger partial charge in [0.1, 0.15) is 5.75 Å². The molecule has 1 aliphatic carbocycles. The van der Waals surface area contributed by atoms with Gasteiger partial charge in [-0.25, -0.2) is 0 Å². The molecule has 15 heavy (non-hydrogen) atoms. The molecule has 0 unspecified atom stereocenters. The molecule has 1 aliphatic rings. The summed E-state index contributed by atoms with van der Waals surface area (Å²) in [5.74, 6) is 0.408. The molecule has 2 heteroatoms. The van der Waals surface area contributed by atoms with E-state index in [1.807, 2.05) is 12.1 Å². The summed E-state index contributed by atoms with van der Waals surface area (Å²) >= 11 is 0. The monoisotopic (exact) mass is 207 g/mol. The van der Waals surface area contributed by atoms with Crippen molar-refractivity contribution in [3.8, 4) is 5.75 Å². The van der Waals surface area contributed by atoms with Crippen molar-refractivity contribution < 1.29 is 5.11 Å². The van der Waals surface area contributed by atoms with E-state index < -0.39 is 0 Å². The van der Waals surface area contributed by atoms with E-state index in [1.165, 1.54) is 30.4 Å². The van der Waals surface area contributed by atoms with Crippen molar-refractivity contribution >= 4 is 0 Å². The topological polar surface area (TPSA) is 46.2 Å². The molecule has 0 atom stereocenters. The highest BCUT2D eigenvalue weighted by Gasteiger charge is 2.08. The maximum atomic E-state index is 9.19. The lowest BCUT2D eigenvalue weighted by Crippen LogP contribution is -2.01. The molecule has 0 aromatic heterocycles. The summed E-state index contributed by atoms with van der Waals surface area (Å²) in [5.41, 5.74) is 7.80. The van der Waals surface area contributed by atoms with E-state index in [2.05, 4.69) is 6.92 Å². The van der Waals surface area contributed by atoms with Gasteiger partial charge in [0.15, 0.2) is 0 Å². The Bertz CT molecular complexity index is 295. The smallest absolute Gasteiger partial charge is 0.115 e. The highest BCUT2D eigenvalue weighted by molar-refractivity contribution is 5.36. The molecule has 0 radical (unpaired) electrons. The van der Waals surface area contributed by atoms with E-state index in [-0.39, 0.29) is 0 Å². The number of phenols is 1. The molecule has 0 amide bonds. The normalized spacial score (nSPS) is 13.7. The van der Waals surface area contributed by atoms with Crippen LogP contribution in [0, 0.1) is 0 Å². The third kappa shape index (κ3) is 3.92. The lowest BCUT2D eigenvalue weighted by atomic mass is 9.92. The van der Waals surface area contributed by atoms with Crippen molar-refractivity contribution in [3.63, 3.8) is 0 Å². The number of benzene rings is 1. The summed E-state index contributed by atoms with van der Waals surface area (Å²) in [7, 11) is 0. The van der Waals surface area contributed by atoms with E-state index in [4.69, 9.17) is 5.73 Å². The van der Waals surface area contributed by atoms with Crippen LogP contribution in [0.4, 0.5) is 0 Å². The van der Waals surface area contributed by atoms with E-state index in [0.717, 1.165) is 19.4 Å². The standard InChI is InChI=1S/C10H12O.C3H9N/c11-10-6-5-8-3-1-2-4-9(8)7-10;1-2-3-4/h5-7,11H,1-4H2;2-4H2,1H3. The lowest BCUT2D eigenvalue weighted by Gasteiger charge is -2.14. The average molecular weight is 207 g/mol. The van der Waals surface area contributed by atoms with Gasteiger partial charge in [-0.05, 0) is 61.9 Å². The highest BCUT2D eigenvalue weighted by Crippen LogP contribution is 2.24. The van der Waals surface area contributed by atoms with Crippen LogP contribution in [0.5, 0.6) is 5.75 Å². The summed E-state index contributed by atoms with van der Waals surface area (Å²) in [5, 5.41) is 9.19. The van der Waals surface area contributed by atoms with Crippen LogP contribution in [0.25, 0.3) is 0 Å². The summed E-state index contributed by atoms with van der Waals surface area (Å²) in [4.78, 5) is 0. The Morgan fingerprint density at radius 1 is 1.20 bits per heavy atom. The first-order chi connectivity index (χ1) is 7.27. The largest absolute Gasteiger partial charge is 0.508 e. The molecule has 3 N–H and O–H groups in total. The van der Waals surface area contributed by atoms with E-state index in [9.17, 15) is 5.11 Å². The molecule has 1 aromatic carbocycles. The zero-order valence-corrected chi connectivity index (χ0v) is 9.50. The Morgan fingerprint density at radius 2 is 1.80 bits per heavy atom. The number of aryl methyl sites for hydroxylation is 2. The minimum absolute atomic E-state index is 0.408. The first kappa shape index (κ1) is 12.1. The fraction of sp³-hybridized carbons (Fsp3) is 0.538. The van der Waals surface area contributed by atoms with Gasteiger partial charge in [0.2, 0.25) is 0 Å². The van der Waals surface area contributed by atoms with Gasteiger partial charge < -0.3 is 10.8 Å². The third-order valence-corrected chi connectivity index (χ3v) is 2.62. The Kier molecular flexibility index (Phi) is 5.19. The van der Waals surface area contributed by atoms with Crippen LogP contribution in [-0.4, -0.2) is 11.7 Å². The van der Waals surface area contributed by atoms with Crippen molar-refractivity contribution in [3.05, 3.63) is 29.3 Å². The fourth-order valence-electron chi connectivity index (χ4n) is 1.72. The van der Waals surface area contributed by atoms with Crippen molar-refractivity contribution in [2.75, 3.05) is 6.54 Å². The first-order valence-corrected chi connectivity index (χ1v) is 5.78. The van der Waals surface area contributed by atoms with E-state index in [0.29, 0.717) is 5.75 Å². The SMILES string of the molecule is CCCN.Oc1ccc2c(c1)CCCC2. The molecule has 0 saturated carbocycles. The molecule has 84 valence electrons. The minimum atomic E-state index is 0.408. The van der Waals surface area contributed by atoms with Crippen molar-refractivity contribution in [2.24, 2.45) is 5.73 Å². The molecule has 0 heterocycles. The molecule has 0 aliphatic heterocycles. The van der Waals surface area contributed by atoms with Gasteiger partial charge in [0.05, 0.1) is 0 Å². The summed E-state index contributed by atoms with van der Waals surface area (Å²) in [6, 6.07) is 5.72. The molecule has 0 bridgehead atoms. The quantitative estimate of drug-likeness (QED) is 0.743. The second-order valence-electron chi connectivity index (χ2n) is 3.95. The predicted molar refractivity (Wildman–Crippen MR) is 64.1 cm³/mol. The molecule has 0 spiro atoms. The van der Waals surface area contributed by atoms with Gasteiger partial charge in [-0.1, -0.05) is 13.0 Å². The van der Waals surface area contributed by atoms with Gasteiger partial charge in [-0.2, -0.15) is 0 Å². The molecule has 0 fully saturated rings. The summed E-state index contributed by atoms with van der Waals surface area (Å²) < 4.78 is 0. The van der Waals surface area contributed by atoms with Crippen LogP contribution < -0.4 is 5.73 Å². The average Bonchev–Trinajstić information content (AvgIpc) is 2.29. The number of aromatic hydroxyl groups is 1. The number of hydrogen-bond donors (Lipinski definition) is 2. The second kappa shape index (κ2) is 6.46. The minimum Gasteiger partial charge on any atom is -0.508 e. The molecular weight excluding hydrogens is 186 g/mol. The van der Waals surface area contributed by atoms with Gasteiger partial charge in [-0.15, -0.1) is 0 Å². The molecule has 1 aromatic rings. The van der Waals surface area contributed by atoms with Crippen LogP contribution in [0.1, 0.15) is 37.3 Å². The third-order valence-electron chi connectivity index (χ3n) is 2.62. The number of fused-ring (bicyclic) bond motifs is 1. The van der Waals surface area contributed by atoms with Gasteiger partial charge in [0, 0.05) is 0 Å². The molecular formula is C13H21NO. The Balaban J connectivity index is 0.000000245. The van der Waals surface area contributed by atoms with Gasteiger partial charge in [0.25, 0.3) is 0 Å². The molecule has 0 saturated heterocycles. The Hall–Kier alpha value is -1.02. The zero-order chi connectivity index (χ0) is 11.1. The zero-order valence-electron chi connectivity index (χ0n) is 9.50. The van der Waals surface area contributed by atoms with Crippen LogP contribution in [0.15, 0.2) is 18.2 Å². The van der Waals surface area contributed by atoms with Crippen LogP contribution >= 0.6 is 0 Å². The van der Waals surface area contributed by atoms with E-state index in [1.54, 1.807) is 6.07 Å². The molecule has 2 nitrogen and oxygen atoms in total. The fourth-order valence-corrected chi connectivity index (χ4v) is 1.72. The molecule has 2 rings (SSSR count).